The summed E-state index contributed by atoms with van der Waals surface area (Å²) in [5.74, 6) is 0.897. The number of rotatable bonds is 3. The normalized spacial score (nSPS) is 15.0. The summed E-state index contributed by atoms with van der Waals surface area (Å²) in [7, 11) is 1.53. The lowest BCUT2D eigenvalue weighted by Crippen LogP contribution is -2.13. The van der Waals surface area contributed by atoms with Crippen LogP contribution in [0.25, 0.3) is 16.9 Å². The molecule has 124 valence electrons. The highest BCUT2D eigenvalue weighted by Crippen LogP contribution is 2.40. The fourth-order valence-corrected chi connectivity index (χ4v) is 2.68. The van der Waals surface area contributed by atoms with Gasteiger partial charge in [0.25, 0.3) is 0 Å². The number of hydrogen-bond donors (Lipinski definition) is 0. The summed E-state index contributed by atoms with van der Waals surface area (Å²) in [5.41, 5.74) is 0.945. The highest BCUT2D eigenvalue weighted by molar-refractivity contribution is 5.63. The van der Waals surface area contributed by atoms with Crippen LogP contribution in [0.4, 0.5) is 13.2 Å². The van der Waals surface area contributed by atoms with Gasteiger partial charge in [0.05, 0.1) is 18.5 Å². The minimum absolute atomic E-state index is 0.220. The number of methoxy groups -OCH3 is 1. The van der Waals surface area contributed by atoms with Crippen molar-refractivity contribution in [1.82, 2.24) is 14.6 Å². The molecule has 0 amide bonds. The topological polar surface area (TPSA) is 39.4 Å². The zero-order valence-corrected chi connectivity index (χ0v) is 12.8. The van der Waals surface area contributed by atoms with Crippen molar-refractivity contribution < 1.29 is 17.9 Å². The van der Waals surface area contributed by atoms with E-state index in [0.717, 1.165) is 23.4 Å². The van der Waals surface area contributed by atoms with Crippen LogP contribution in [0.2, 0.25) is 0 Å². The third kappa shape index (κ3) is 2.60. The van der Waals surface area contributed by atoms with Crippen molar-refractivity contribution in [3.63, 3.8) is 0 Å². The van der Waals surface area contributed by atoms with Crippen molar-refractivity contribution in [2.45, 2.75) is 24.9 Å². The molecular formula is C17H14F3N3O. The molecule has 0 spiro atoms. The highest BCUT2D eigenvalue weighted by atomic mass is 19.4. The Balaban J connectivity index is 1.89. The van der Waals surface area contributed by atoms with Crippen LogP contribution in [0.3, 0.4) is 0 Å². The molecule has 2 heterocycles. The van der Waals surface area contributed by atoms with E-state index < -0.39 is 11.9 Å². The standard InChI is InChI=1S/C17H14F3N3O/c1-24-12-6-4-10(5-7-12)13-8-15(17(18,19)20)23-16(21-13)9-14(22-23)11-2-3-11/h4-9,11H,2-3H2,1H3. The molecule has 0 atom stereocenters. The summed E-state index contributed by atoms with van der Waals surface area (Å²) in [5, 5.41) is 4.12. The van der Waals surface area contributed by atoms with Crippen molar-refractivity contribution in [3.05, 3.63) is 47.8 Å². The van der Waals surface area contributed by atoms with Gasteiger partial charge in [0, 0.05) is 17.5 Å². The van der Waals surface area contributed by atoms with E-state index >= 15 is 0 Å². The number of nitrogens with zero attached hydrogens (tertiary/aromatic N) is 3. The Morgan fingerprint density at radius 1 is 1.12 bits per heavy atom. The first-order valence-corrected chi connectivity index (χ1v) is 7.58. The lowest BCUT2D eigenvalue weighted by Gasteiger charge is -2.11. The first-order valence-electron chi connectivity index (χ1n) is 7.58. The predicted octanol–water partition coefficient (Wildman–Crippen LogP) is 4.30. The molecule has 7 heteroatoms. The average molecular weight is 333 g/mol. The number of alkyl halides is 3. The van der Waals surface area contributed by atoms with E-state index in [1.54, 1.807) is 30.3 Å². The Morgan fingerprint density at radius 2 is 1.83 bits per heavy atom. The SMILES string of the molecule is COc1ccc(-c2cc(C(F)(F)F)n3nc(C4CC4)cc3n2)cc1. The summed E-state index contributed by atoms with van der Waals surface area (Å²) in [4.78, 5) is 4.37. The Morgan fingerprint density at radius 3 is 2.42 bits per heavy atom. The Labute approximate surface area is 135 Å². The van der Waals surface area contributed by atoms with Gasteiger partial charge in [0.15, 0.2) is 11.3 Å². The zero-order valence-electron chi connectivity index (χ0n) is 12.8. The molecule has 1 aliphatic rings. The number of benzene rings is 1. The molecule has 3 aromatic rings. The monoisotopic (exact) mass is 333 g/mol. The second-order valence-electron chi connectivity index (χ2n) is 5.87. The van der Waals surface area contributed by atoms with Crippen LogP contribution in [-0.2, 0) is 6.18 Å². The Kier molecular flexibility index (Phi) is 3.26. The van der Waals surface area contributed by atoms with E-state index in [-0.39, 0.29) is 17.3 Å². The van der Waals surface area contributed by atoms with Crippen molar-refractivity contribution in [2.24, 2.45) is 0 Å². The molecular weight excluding hydrogens is 319 g/mol. The third-order valence-corrected chi connectivity index (χ3v) is 4.12. The summed E-state index contributed by atoms with van der Waals surface area (Å²) >= 11 is 0. The molecule has 0 N–H and O–H groups in total. The second kappa shape index (κ2) is 5.22. The minimum Gasteiger partial charge on any atom is -0.497 e. The molecule has 4 nitrogen and oxygen atoms in total. The van der Waals surface area contributed by atoms with Crippen LogP contribution >= 0.6 is 0 Å². The molecule has 24 heavy (non-hydrogen) atoms. The van der Waals surface area contributed by atoms with E-state index in [0.29, 0.717) is 17.0 Å². The molecule has 0 radical (unpaired) electrons. The van der Waals surface area contributed by atoms with E-state index in [1.807, 2.05) is 0 Å². The largest absolute Gasteiger partial charge is 0.497 e. The van der Waals surface area contributed by atoms with Gasteiger partial charge in [-0.25, -0.2) is 9.50 Å². The zero-order chi connectivity index (χ0) is 16.9. The molecule has 1 fully saturated rings. The number of halogens is 3. The van der Waals surface area contributed by atoms with Gasteiger partial charge >= 0.3 is 6.18 Å². The fourth-order valence-electron chi connectivity index (χ4n) is 2.68. The van der Waals surface area contributed by atoms with Crippen molar-refractivity contribution >= 4 is 5.65 Å². The Bertz CT molecular complexity index is 896. The highest BCUT2D eigenvalue weighted by Gasteiger charge is 2.36. The number of fused-ring (bicyclic) bond motifs is 1. The van der Waals surface area contributed by atoms with Crippen LogP contribution in [0.5, 0.6) is 5.75 Å². The molecule has 4 rings (SSSR count). The third-order valence-electron chi connectivity index (χ3n) is 4.12. The molecule has 0 saturated heterocycles. The van der Waals surface area contributed by atoms with Gasteiger partial charge in [-0.2, -0.15) is 18.3 Å². The molecule has 0 unspecified atom stereocenters. The summed E-state index contributed by atoms with van der Waals surface area (Å²) in [6.45, 7) is 0. The molecule has 2 aromatic heterocycles. The van der Waals surface area contributed by atoms with Crippen molar-refractivity contribution in [2.75, 3.05) is 7.11 Å². The van der Waals surface area contributed by atoms with Gasteiger partial charge in [0.2, 0.25) is 0 Å². The molecule has 1 aliphatic carbocycles. The van der Waals surface area contributed by atoms with Crippen LogP contribution in [0, 0.1) is 0 Å². The van der Waals surface area contributed by atoms with Gasteiger partial charge in [0.1, 0.15) is 5.75 Å². The van der Waals surface area contributed by atoms with Crippen LogP contribution in [-0.4, -0.2) is 21.7 Å². The first-order chi connectivity index (χ1) is 11.5. The first kappa shape index (κ1) is 15.0. The van der Waals surface area contributed by atoms with Crippen molar-refractivity contribution in [3.8, 4) is 17.0 Å². The van der Waals surface area contributed by atoms with Gasteiger partial charge < -0.3 is 4.74 Å². The Hall–Kier alpha value is -2.57. The fraction of sp³-hybridized carbons (Fsp3) is 0.294. The summed E-state index contributed by atoms with van der Waals surface area (Å²) in [6, 6.07) is 9.46. The number of ether oxygens (including phenoxy) is 1. The number of aromatic nitrogens is 3. The quantitative estimate of drug-likeness (QED) is 0.717. The van der Waals surface area contributed by atoms with E-state index in [9.17, 15) is 13.2 Å². The molecule has 1 saturated carbocycles. The van der Waals surface area contributed by atoms with Gasteiger partial charge in [-0.15, -0.1) is 0 Å². The molecule has 0 aliphatic heterocycles. The second-order valence-corrected chi connectivity index (χ2v) is 5.87. The van der Waals surface area contributed by atoms with Crippen molar-refractivity contribution in [1.29, 1.82) is 0 Å². The van der Waals surface area contributed by atoms with Crippen LogP contribution in [0.1, 0.15) is 30.1 Å². The molecule has 0 bridgehead atoms. The summed E-state index contributed by atoms with van der Waals surface area (Å²) in [6.07, 6.45) is -2.57. The van der Waals surface area contributed by atoms with E-state index in [2.05, 4.69) is 10.1 Å². The van der Waals surface area contributed by atoms with E-state index in [1.165, 1.54) is 7.11 Å². The van der Waals surface area contributed by atoms with Crippen LogP contribution < -0.4 is 4.74 Å². The lowest BCUT2D eigenvalue weighted by atomic mass is 10.1. The number of hydrogen-bond acceptors (Lipinski definition) is 3. The minimum atomic E-state index is -4.50. The maximum absolute atomic E-state index is 13.4. The van der Waals surface area contributed by atoms with Crippen LogP contribution in [0.15, 0.2) is 36.4 Å². The summed E-state index contributed by atoms with van der Waals surface area (Å²) < 4.78 is 46.3. The maximum Gasteiger partial charge on any atom is 0.433 e. The van der Waals surface area contributed by atoms with Gasteiger partial charge in [-0.1, -0.05) is 0 Å². The lowest BCUT2D eigenvalue weighted by molar-refractivity contribution is -0.142. The maximum atomic E-state index is 13.4. The average Bonchev–Trinajstić information content (AvgIpc) is 3.32. The smallest absolute Gasteiger partial charge is 0.433 e. The van der Waals surface area contributed by atoms with Gasteiger partial charge in [-0.05, 0) is 43.2 Å². The van der Waals surface area contributed by atoms with E-state index in [4.69, 9.17) is 4.74 Å². The molecule has 1 aromatic carbocycles. The predicted molar refractivity (Wildman–Crippen MR) is 82.0 cm³/mol. The van der Waals surface area contributed by atoms with Gasteiger partial charge in [-0.3, -0.25) is 0 Å².